The summed E-state index contributed by atoms with van der Waals surface area (Å²) in [5.41, 5.74) is 7.00. The van der Waals surface area contributed by atoms with E-state index in [0.29, 0.717) is 0 Å². The van der Waals surface area contributed by atoms with Gasteiger partial charge in [0.15, 0.2) is 0 Å². The van der Waals surface area contributed by atoms with Gasteiger partial charge in [-0.05, 0) is 40.8 Å². The van der Waals surface area contributed by atoms with Crippen LogP contribution in [0.2, 0.25) is 0 Å². The van der Waals surface area contributed by atoms with E-state index >= 15 is 0 Å². The second-order valence-electron chi connectivity index (χ2n) is 5.31. The highest BCUT2D eigenvalue weighted by molar-refractivity contribution is 5.97. The SMILES string of the molecule is c1ccc(-c2cc(Nn3cccc3)c3ccccc3c2)cc1. The van der Waals surface area contributed by atoms with Crippen molar-refractivity contribution < 1.29 is 0 Å². The maximum Gasteiger partial charge on any atom is 0.0630 e. The van der Waals surface area contributed by atoms with Crippen molar-refractivity contribution in [3.8, 4) is 11.1 Å². The molecule has 106 valence electrons. The molecule has 0 aliphatic rings. The topological polar surface area (TPSA) is 17.0 Å². The van der Waals surface area contributed by atoms with Crippen molar-refractivity contribution in [3.63, 3.8) is 0 Å². The number of nitrogens with one attached hydrogen (secondary N) is 1. The summed E-state index contributed by atoms with van der Waals surface area (Å²) < 4.78 is 1.97. The fourth-order valence-electron chi connectivity index (χ4n) is 2.75. The Kier molecular flexibility index (Phi) is 3.13. The Bertz CT molecular complexity index is 894. The summed E-state index contributed by atoms with van der Waals surface area (Å²) in [6.45, 7) is 0. The van der Waals surface area contributed by atoms with Crippen molar-refractivity contribution in [2.24, 2.45) is 0 Å². The molecule has 0 bridgehead atoms. The molecule has 1 aromatic heterocycles. The van der Waals surface area contributed by atoms with E-state index in [1.54, 1.807) is 0 Å². The predicted molar refractivity (Wildman–Crippen MR) is 92.8 cm³/mol. The molecular weight excluding hydrogens is 268 g/mol. The Labute approximate surface area is 129 Å². The lowest BCUT2D eigenvalue weighted by molar-refractivity contribution is 0.974. The average Bonchev–Trinajstić information content (AvgIpc) is 3.09. The van der Waals surface area contributed by atoms with Crippen LogP contribution in [0.1, 0.15) is 0 Å². The van der Waals surface area contributed by atoms with Crippen molar-refractivity contribution in [3.05, 3.63) is 91.3 Å². The minimum atomic E-state index is 1.10. The van der Waals surface area contributed by atoms with Crippen LogP contribution in [0.3, 0.4) is 0 Å². The van der Waals surface area contributed by atoms with Gasteiger partial charge in [-0.25, -0.2) is 0 Å². The van der Waals surface area contributed by atoms with E-state index in [1.807, 2.05) is 35.3 Å². The summed E-state index contributed by atoms with van der Waals surface area (Å²) >= 11 is 0. The summed E-state index contributed by atoms with van der Waals surface area (Å²) in [6, 6.07) is 27.4. The molecule has 1 heterocycles. The molecule has 0 amide bonds. The number of hydrogen-bond acceptors (Lipinski definition) is 1. The summed E-state index contributed by atoms with van der Waals surface area (Å²) in [6.07, 6.45) is 4.01. The van der Waals surface area contributed by atoms with Gasteiger partial charge < -0.3 is 0 Å². The fourth-order valence-corrected chi connectivity index (χ4v) is 2.75. The highest BCUT2D eigenvalue weighted by Crippen LogP contribution is 2.31. The highest BCUT2D eigenvalue weighted by atomic mass is 15.4. The van der Waals surface area contributed by atoms with Gasteiger partial charge in [-0.2, -0.15) is 0 Å². The molecule has 0 radical (unpaired) electrons. The Hall–Kier alpha value is -3.00. The molecule has 0 fully saturated rings. The van der Waals surface area contributed by atoms with Crippen LogP contribution in [0, 0.1) is 0 Å². The van der Waals surface area contributed by atoms with Crippen LogP contribution >= 0.6 is 0 Å². The Morgan fingerprint density at radius 3 is 2.18 bits per heavy atom. The van der Waals surface area contributed by atoms with Gasteiger partial charge in [-0.3, -0.25) is 10.1 Å². The summed E-state index contributed by atoms with van der Waals surface area (Å²) in [4.78, 5) is 0. The minimum Gasteiger partial charge on any atom is -0.294 e. The maximum absolute atomic E-state index is 3.45. The number of hydrogen-bond donors (Lipinski definition) is 1. The molecule has 2 heteroatoms. The zero-order valence-corrected chi connectivity index (χ0v) is 12.1. The lowest BCUT2D eigenvalue weighted by Gasteiger charge is -2.13. The van der Waals surface area contributed by atoms with E-state index in [2.05, 4.69) is 66.1 Å². The van der Waals surface area contributed by atoms with E-state index in [-0.39, 0.29) is 0 Å². The van der Waals surface area contributed by atoms with Crippen molar-refractivity contribution >= 4 is 16.5 Å². The standard InChI is InChI=1S/C20H16N2/c1-2-8-16(9-3-1)18-14-17-10-4-5-11-19(17)20(15-18)21-22-12-6-7-13-22/h1-15,21H. The van der Waals surface area contributed by atoms with E-state index in [0.717, 1.165) is 5.69 Å². The monoisotopic (exact) mass is 284 g/mol. The van der Waals surface area contributed by atoms with Crippen LogP contribution in [0.4, 0.5) is 5.69 Å². The molecule has 3 aromatic carbocycles. The van der Waals surface area contributed by atoms with Crippen LogP contribution in [0.15, 0.2) is 91.3 Å². The summed E-state index contributed by atoms with van der Waals surface area (Å²) in [5, 5.41) is 2.45. The van der Waals surface area contributed by atoms with Gasteiger partial charge in [0.25, 0.3) is 0 Å². The summed E-state index contributed by atoms with van der Waals surface area (Å²) in [7, 11) is 0. The second-order valence-corrected chi connectivity index (χ2v) is 5.31. The molecule has 0 spiro atoms. The van der Waals surface area contributed by atoms with Gasteiger partial charge in [-0.1, -0.05) is 54.6 Å². The van der Waals surface area contributed by atoms with Crippen molar-refractivity contribution in [1.82, 2.24) is 4.68 Å². The molecular formula is C20H16N2. The van der Waals surface area contributed by atoms with Gasteiger partial charge >= 0.3 is 0 Å². The molecule has 0 aliphatic carbocycles. The van der Waals surface area contributed by atoms with E-state index in [9.17, 15) is 0 Å². The molecule has 1 N–H and O–H groups in total. The number of anilines is 1. The van der Waals surface area contributed by atoms with Crippen molar-refractivity contribution in [2.75, 3.05) is 5.43 Å². The molecule has 0 aliphatic heterocycles. The van der Waals surface area contributed by atoms with Crippen LogP contribution in [-0.4, -0.2) is 4.68 Å². The van der Waals surface area contributed by atoms with Gasteiger partial charge in [0.2, 0.25) is 0 Å². The maximum atomic E-state index is 3.45. The molecule has 4 rings (SSSR count). The second kappa shape index (κ2) is 5.41. The third-order valence-corrected chi connectivity index (χ3v) is 3.82. The molecule has 0 saturated carbocycles. The minimum absolute atomic E-state index is 1.10. The molecule has 4 aromatic rings. The lowest BCUT2D eigenvalue weighted by Crippen LogP contribution is -2.06. The van der Waals surface area contributed by atoms with E-state index < -0.39 is 0 Å². The van der Waals surface area contributed by atoms with Gasteiger partial charge in [0, 0.05) is 17.8 Å². The first kappa shape index (κ1) is 12.7. The summed E-state index contributed by atoms with van der Waals surface area (Å²) in [5.74, 6) is 0. The fraction of sp³-hybridized carbons (Fsp3) is 0. The molecule has 2 nitrogen and oxygen atoms in total. The van der Waals surface area contributed by atoms with Crippen LogP contribution in [0.25, 0.3) is 21.9 Å². The molecule has 0 unspecified atom stereocenters. The van der Waals surface area contributed by atoms with Crippen molar-refractivity contribution in [2.45, 2.75) is 0 Å². The number of fused-ring (bicyclic) bond motifs is 1. The van der Waals surface area contributed by atoms with Crippen LogP contribution in [0.5, 0.6) is 0 Å². The Morgan fingerprint density at radius 1 is 0.636 bits per heavy atom. The quantitative estimate of drug-likeness (QED) is 0.548. The first-order valence-electron chi connectivity index (χ1n) is 7.38. The van der Waals surface area contributed by atoms with E-state index in [1.165, 1.54) is 21.9 Å². The number of benzene rings is 3. The van der Waals surface area contributed by atoms with E-state index in [4.69, 9.17) is 0 Å². The average molecular weight is 284 g/mol. The van der Waals surface area contributed by atoms with Gasteiger partial charge in [0.05, 0.1) is 5.69 Å². The normalized spacial score (nSPS) is 10.7. The largest absolute Gasteiger partial charge is 0.294 e. The Morgan fingerprint density at radius 2 is 1.36 bits per heavy atom. The number of aromatic nitrogens is 1. The molecule has 0 saturated heterocycles. The highest BCUT2D eigenvalue weighted by Gasteiger charge is 2.05. The van der Waals surface area contributed by atoms with Crippen LogP contribution in [-0.2, 0) is 0 Å². The van der Waals surface area contributed by atoms with Crippen LogP contribution < -0.4 is 5.43 Å². The predicted octanol–water partition coefficient (Wildman–Crippen LogP) is 5.18. The first-order chi connectivity index (χ1) is 10.9. The number of rotatable bonds is 3. The number of nitrogens with zero attached hydrogens (tertiary/aromatic N) is 1. The smallest absolute Gasteiger partial charge is 0.0630 e. The Balaban J connectivity index is 1.89. The third-order valence-electron chi connectivity index (χ3n) is 3.82. The zero-order chi connectivity index (χ0) is 14.8. The van der Waals surface area contributed by atoms with Crippen molar-refractivity contribution in [1.29, 1.82) is 0 Å². The molecule has 22 heavy (non-hydrogen) atoms. The van der Waals surface area contributed by atoms with Gasteiger partial charge in [-0.15, -0.1) is 0 Å². The molecule has 0 atom stereocenters. The first-order valence-corrected chi connectivity index (χ1v) is 7.38. The lowest BCUT2D eigenvalue weighted by atomic mass is 10.00. The van der Waals surface area contributed by atoms with Gasteiger partial charge in [0.1, 0.15) is 0 Å². The zero-order valence-electron chi connectivity index (χ0n) is 12.1. The third kappa shape index (κ3) is 2.35.